The van der Waals surface area contributed by atoms with E-state index in [0.29, 0.717) is 6.54 Å². The molecule has 0 radical (unpaired) electrons. The number of para-hydroxylation sites is 1. The van der Waals surface area contributed by atoms with Crippen LogP contribution in [0.2, 0.25) is 0 Å². The Kier molecular flexibility index (Phi) is 3.29. The smallest absolute Gasteiger partial charge is 0.182 e. The molecule has 0 saturated heterocycles. The van der Waals surface area contributed by atoms with E-state index in [4.69, 9.17) is 4.74 Å². The van der Waals surface area contributed by atoms with Crippen molar-refractivity contribution >= 4 is 27.4 Å². The van der Waals surface area contributed by atoms with E-state index in [1.807, 2.05) is 29.6 Å². The minimum absolute atomic E-state index is 0.654. The van der Waals surface area contributed by atoms with Crippen LogP contribution in [0.1, 0.15) is 5.69 Å². The summed E-state index contributed by atoms with van der Waals surface area (Å²) in [6.45, 7) is 0.654. The Morgan fingerprint density at radius 1 is 1.26 bits per heavy atom. The fourth-order valence-electron chi connectivity index (χ4n) is 1.90. The average molecular weight is 271 g/mol. The first-order valence-electron chi connectivity index (χ1n) is 5.93. The number of hydrogen-bond donors (Lipinski definition) is 1. The summed E-state index contributed by atoms with van der Waals surface area (Å²) in [7, 11) is 1.66. The van der Waals surface area contributed by atoms with Gasteiger partial charge in [-0.25, -0.2) is 9.97 Å². The molecule has 0 aliphatic rings. The number of nitrogens with one attached hydrogen (secondary N) is 1. The van der Waals surface area contributed by atoms with Gasteiger partial charge in [0.05, 0.1) is 19.3 Å². The van der Waals surface area contributed by atoms with Crippen molar-refractivity contribution in [2.45, 2.75) is 6.54 Å². The highest BCUT2D eigenvalue weighted by Gasteiger charge is 2.04. The van der Waals surface area contributed by atoms with Gasteiger partial charge in [0.2, 0.25) is 0 Å². The molecule has 1 aromatic carbocycles. The van der Waals surface area contributed by atoms with Crippen LogP contribution in [0.4, 0.5) is 5.13 Å². The summed E-state index contributed by atoms with van der Waals surface area (Å²) in [5, 5.41) is 7.18. The summed E-state index contributed by atoms with van der Waals surface area (Å²) >= 11 is 1.58. The molecule has 0 aliphatic heterocycles. The van der Waals surface area contributed by atoms with Gasteiger partial charge in [-0.1, -0.05) is 18.2 Å². The number of fused-ring (bicyclic) bond motifs is 1. The average Bonchev–Trinajstić information content (AvgIpc) is 2.97. The molecule has 2 heterocycles. The maximum atomic E-state index is 5.34. The number of rotatable bonds is 4. The first-order chi connectivity index (χ1) is 9.36. The third kappa shape index (κ3) is 2.51. The molecule has 0 bridgehead atoms. The second kappa shape index (κ2) is 5.24. The van der Waals surface area contributed by atoms with Crippen LogP contribution < -0.4 is 10.1 Å². The largest absolute Gasteiger partial charge is 0.494 e. The van der Waals surface area contributed by atoms with Gasteiger partial charge in [-0.3, -0.25) is 0 Å². The van der Waals surface area contributed by atoms with Gasteiger partial charge in [-0.15, -0.1) is 11.3 Å². The maximum Gasteiger partial charge on any atom is 0.182 e. The molecule has 19 heavy (non-hydrogen) atoms. The summed E-state index contributed by atoms with van der Waals surface area (Å²) in [5.74, 6) is 0.800. The van der Waals surface area contributed by atoms with Crippen molar-refractivity contribution in [1.82, 2.24) is 9.97 Å². The lowest BCUT2D eigenvalue weighted by Crippen LogP contribution is -2.01. The van der Waals surface area contributed by atoms with E-state index in [1.54, 1.807) is 24.6 Å². The number of aromatic nitrogens is 2. The lowest BCUT2D eigenvalue weighted by atomic mass is 10.2. The van der Waals surface area contributed by atoms with Crippen molar-refractivity contribution in [3.8, 4) is 5.75 Å². The Labute approximate surface area is 115 Å². The highest BCUT2D eigenvalue weighted by Crippen LogP contribution is 2.23. The predicted molar refractivity (Wildman–Crippen MR) is 77.7 cm³/mol. The second-order valence-electron chi connectivity index (χ2n) is 4.03. The van der Waals surface area contributed by atoms with Gasteiger partial charge in [-0.2, -0.15) is 0 Å². The van der Waals surface area contributed by atoms with Gasteiger partial charge in [0.1, 0.15) is 11.3 Å². The summed E-state index contributed by atoms with van der Waals surface area (Å²) in [5.41, 5.74) is 1.86. The van der Waals surface area contributed by atoms with E-state index in [0.717, 1.165) is 27.5 Å². The number of anilines is 1. The first-order valence-corrected chi connectivity index (χ1v) is 6.81. The van der Waals surface area contributed by atoms with Crippen molar-refractivity contribution in [3.63, 3.8) is 0 Å². The summed E-state index contributed by atoms with van der Waals surface area (Å²) in [4.78, 5) is 8.82. The van der Waals surface area contributed by atoms with Crippen LogP contribution in [0.3, 0.4) is 0 Å². The highest BCUT2D eigenvalue weighted by molar-refractivity contribution is 7.13. The van der Waals surface area contributed by atoms with Gasteiger partial charge in [-0.05, 0) is 12.1 Å². The molecular formula is C14H13N3OS. The van der Waals surface area contributed by atoms with Crippen molar-refractivity contribution in [3.05, 3.63) is 47.6 Å². The van der Waals surface area contributed by atoms with E-state index in [9.17, 15) is 0 Å². The Morgan fingerprint density at radius 2 is 2.21 bits per heavy atom. The Morgan fingerprint density at radius 3 is 3.00 bits per heavy atom. The third-order valence-corrected chi connectivity index (χ3v) is 3.54. The molecule has 0 saturated carbocycles. The number of nitrogens with zero attached hydrogens (tertiary/aromatic N) is 2. The summed E-state index contributed by atoms with van der Waals surface area (Å²) in [6.07, 6.45) is 1.78. The zero-order valence-corrected chi connectivity index (χ0v) is 11.3. The van der Waals surface area contributed by atoms with Crippen molar-refractivity contribution in [1.29, 1.82) is 0 Å². The molecule has 4 nitrogen and oxygen atoms in total. The van der Waals surface area contributed by atoms with E-state index in [2.05, 4.69) is 21.4 Å². The van der Waals surface area contributed by atoms with Crippen molar-refractivity contribution in [2.24, 2.45) is 0 Å². The van der Waals surface area contributed by atoms with E-state index in [-0.39, 0.29) is 0 Å². The fourth-order valence-corrected chi connectivity index (χ4v) is 2.43. The molecule has 0 aliphatic carbocycles. The fraction of sp³-hybridized carbons (Fsp3) is 0.143. The van der Waals surface area contributed by atoms with Gasteiger partial charge >= 0.3 is 0 Å². The zero-order valence-electron chi connectivity index (χ0n) is 10.5. The molecule has 0 atom stereocenters. The zero-order chi connectivity index (χ0) is 13.1. The Balaban J connectivity index is 1.88. The molecule has 0 spiro atoms. The lowest BCUT2D eigenvalue weighted by Gasteiger charge is -2.07. The number of methoxy groups -OCH3 is 1. The lowest BCUT2D eigenvalue weighted by molar-refractivity contribution is 0.419. The Bertz CT molecular complexity index is 682. The summed E-state index contributed by atoms with van der Waals surface area (Å²) in [6, 6.07) is 10.00. The van der Waals surface area contributed by atoms with Crippen molar-refractivity contribution < 1.29 is 4.74 Å². The number of ether oxygens (including phenoxy) is 1. The van der Waals surface area contributed by atoms with Crippen LogP contribution in [0.15, 0.2) is 41.9 Å². The molecule has 3 aromatic rings. The molecule has 3 rings (SSSR count). The van der Waals surface area contributed by atoms with E-state index in [1.165, 1.54) is 0 Å². The van der Waals surface area contributed by atoms with Crippen LogP contribution in [-0.2, 0) is 6.54 Å². The van der Waals surface area contributed by atoms with Gasteiger partial charge in [0.15, 0.2) is 5.13 Å². The molecule has 0 unspecified atom stereocenters. The molecule has 0 amide bonds. The van der Waals surface area contributed by atoms with Crippen LogP contribution in [0.5, 0.6) is 5.75 Å². The van der Waals surface area contributed by atoms with Gasteiger partial charge < -0.3 is 10.1 Å². The molecule has 0 fully saturated rings. The first kappa shape index (κ1) is 11.9. The minimum Gasteiger partial charge on any atom is -0.494 e. The summed E-state index contributed by atoms with van der Waals surface area (Å²) < 4.78 is 5.34. The standard InChI is InChI=1S/C14H13N3OS/c1-18-12-4-2-3-10-5-6-11(17-13(10)12)9-16-14-15-7-8-19-14/h2-8H,9H2,1H3,(H,15,16). The molecule has 96 valence electrons. The SMILES string of the molecule is COc1cccc2ccc(CNc3nccs3)nc12. The normalized spacial score (nSPS) is 10.6. The van der Waals surface area contributed by atoms with Crippen LogP contribution in [0, 0.1) is 0 Å². The van der Waals surface area contributed by atoms with E-state index >= 15 is 0 Å². The Hall–Kier alpha value is -2.14. The molecular weight excluding hydrogens is 258 g/mol. The number of pyridine rings is 1. The second-order valence-corrected chi connectivity index (χ2v) is 4.92. The predicted octanol–water partition coefficient (Wildman–Crippen LogP) is 3.31. The minimum atomic E-state index is 0.654. The van der Waals surface area contributed by atoms with Crippen LogP contribution >= 0.6 is 11.3 Å². The van der Waals surface area contributed by atoms with Gasteiger partial charge in [0.25, 0.3) is 0 Å². The number of benzene rings is 1. The monoisotopic (exact) mass is 271 g/mol. The quantitative estimate of drug-likeness (QED) is 0.790. The highest BCUT2D eigenvalue weighted by atomic mass is 32.1. The molecule has 2 aromatic heterocycles. The van der Waals surface area contributed by atoms with E-state index < -0.39 is 0 Å². The third-order valence-electron chi connectivity index (χ3n) is 2.81. The number of thiazole rings is 1. The maximum absolute atomic E-state index is 5.34. The topological polar surface area (TPSA) is 47.0 Å². The van der Waals surface area contributed by atoms with Crippen LogP contribution in [-0.4, -0.2) is 17.1 Å². The molecule has 1 N–H and O–H groups in total. The van der Waals surface area contributed by atoms with Crippen molar-refractivity contribution in [2.75, 3.05) is 12.4 Å². The number of hydrogen-bond acceptors (Lipinski definition) is 5. The molecule has 5 heteroatoms. The van der Waals surface area contributed by atoms with Gasteiger partial charge in [0, 0.05) is 17.0 Å². The van der Waals surface area contributed by atoms with Crippen LogP contribution in [0.25, 0.3) is 10.9 Å².